The summed E-state index contributed by atoms with van der Waals surface area (Å²) in [7, 11) is 0. The van der Waals surface area contributed by atoms with Crippen LogP contribution < -0.4 is 5.73 Å². The SMILES string of the molecule is CCOC(=O)C1=C(CSc2nc(-c3cccs3)ccc2C#N)OC(N)=C(C#N)[C@@H]1c1cccs1. The highest BCUT2D eigenvalue weighted by molar-refractivity contribution is 7.99. The number of rotatable bonds is 7. The molecule has 0 saturated carbocycles. The molecule has 0 aliphatic carbocycles. The summed E-state index contributed by atoms with van der Waals surface area (Å²) in [5.41, 5.74) is 7.66. The maximum absolute atomic E-state index is 13.0. The summed E-state index contributed by atoms with van der Waals surface area (Å²) < 4.78 is 11.1. The fourth-order valence-corrected chi connectivity index (χ4v) is 5.88. The van der Waals surface area contributed by atoms with E-state index in [2.05, 4.69) is 17.1 Å². The molecule has 170 valence electrons. The Labute approximate surface area is 208 Å². The number of nitrogens with two attached hydrogens (primary N) is 1. The van der Waals surface area contributed by atoms with Crippen LogP contribution in [0.3, 0.4) is 0 Å². The van der Waals surface area contributed by atoms with Gasteiger partial charge in [0.1, 0.15) is 28.5 Å². The molecule has 2 N–H and O–H groups in total. The highest BCUT2D eigenvalue weighted by Gasteiger charge is 2.38. The molecule has 0 spiro atoms. The Morgan fingerprint density at radius 3 is 2.65 bits per heavy atom. The molecule has 0 saturated heterocycles. The average Bonchev–Trinajstić information content (AvgIpc) is 3.57. The average molecular weight is 507 g/mol. The second-order valence-corrected chi connectivity index (χ2v) is 9.82. The second-order valence-electron chi connectivity index (χ2n) is 6.92. The molecule has 1 aliphatic rings. The summed E-state index contributed by atoms with van der Waals surface area (Å²) >= 11 is 4.23. The van der Waals surface area contributed by atoms with Crippen molar-refractivity contribution in [1.29, 1.82) is 10.5 Å². The molecule has 34 heavy (non-hydrogen) atoms. The zero-order valence-corrected chi connectivity index (χ0v) is 20.4. The lowest BCUT2D eigenvalue weighted by Crippen LogP contribution is -2.26. The lowest BCUT2D eigenvalue weighted by molar-refractivity contribution is -0.139. The van der Waals surface area contributed by atoms with Crippen molar-refractivity contribution in [1.82, 2.24) is 4.98 Å². The number of carbonyl (C=O) groups is 1. The van der Waals surface area contributed by atoms with E-state index < -0.39 is 11.9 Å². The van der Waals surface area contributed by atoms with Crippen LogP contribution in [0, 0.1) is 22.7 Å². The van der Waals surface area contributed by atoms with E-state index in [0.717, 1.165) is 15.4 Å². The Balaban J connectivity index is 1.74. The number of carbonyl (C=O) groups excluding carboxylic acids is 1. The van der Waals surface area contributed by atoms with Crippen LogP contribution in [-0.4, -0.2) is 23.3 Å². The van der Waals surface area contributed by atoms with E-state index in [4.69, 9.17) is 15.2 Å². The summed E-state index contributed by atoms with van der Waals surface area (Å²) in [5.74, 6) is -0.854. The number of thiophene rings is 2. The van der Waals surface area contributed by atoms with Crippen LogP contribution in [0.25, 0.3) is 10.6 Å². The van der Waals surface area contributed by atoms with E-state index in [9.17, 15) is 15.3 Å². The first-order valence-electron chi connectivity index (χ1n) is 10.2. The molecule has 0 fully saturated rings. The van der Waals surface area contributed by atoms with E-state index in [1.807, 2.05) is 41.1 Å². The monoisotopic (exact) mass is 506 g/mol. The van der Waals surface area contributed by atoms with Gasteiger partial charge in [-0.1, -0.05) is 23.9 Å². The molecule has 1 aliphatic heterocycles. The summed E-state index contributed by atoms with van der Waals surface area (Å²) in [4.78, 5) is 19.4. The van der Waals surface area contributed by atoms with Crippen molar-refractivity contribution >= 4 is 40.4 Å². The van der Waals surface area contributed by atoms with Gasteiger partial charge >= 0.3 is 5.97 Å². The van der Waals surface area contributed by atoms with Gasteiger partial charge in [-0.25, -0.2) is 9.78 Å². The zero-order valence-electron chi connectivity index (χ0n) is 18.0. The maximum atomic E-state index is 13.0. The topological polar surface area (TPSA) is 122 Å². The molecule has 0 aromatic carbocycles. The number of esters is 1. The van der Waals surface area contributed by atoms with Crippen LogP contribution in [0.1, 0.15) is 23.3 Å². The number of aromatic nitrogens is 1. The first-order chi connectivity index (χ1) is 16.6. The van der Waals surface area contributed by atoms with Crippen molar-refractivity contribution in [3.63, 3.8) is 0 Å². The van der Waals surface area contributed by atoms with E-state index in [0.29, 0.717) is 10.6 Å². The summed E-state index contributed by atoms with van der Waals surface area (Å²) in [6, 6.07) is 15.4. The maximum Gasteiger partial charge on any atom is 0.338 e. The third-order valence-electron chi connectivity index (χ3n) is 4.91. The van der Waals surface area contributed by atoms with Gasteiger partial charge in [0.2, 0.25) is 5.88 Å². The van der Waals surface area contributed by atoms with Crippen LogP contribution in [0.4, 0.5) is 0 Å². The minimum atomic E-state index is -0.686. The number of allylic oxidation sites excluding steroid dienone is 1. The first-order valence-corrected chi connectivity index (χ1v) is 12.9. The lowest BCUT2D eigenvalue weighted by atomic mass is 9.87. The second kappa shape index (κ2) is 10.6. The lowest BCUT2D eigenvalue weighted by Gasteiger charge is -2.27. The molecule has 0 radical (unpaired) electrons. The van der Waals surface area contributed by atoms with Crippen molar-refractivity contribution < 1.29 is 14.3 Å². The van der Waals surface area contributed by atoms with Gasteiger partial charge in [0.25, 0.3) is 0 Å². The quantitative estimate of drug-likeness (QED) is 0.344. The smallest absolute Gasteiger partial charge is 0.338 e. The predicted octanol–water partition coefficient (Wildman–Crippen LogP) is 5.16. The minimum absolute atomic E-state index is 0.0506. The fraction of sp³-hybridized carbons (Fsp3) is 0.167. The minimum Gasteiger partial charge on any atom is -0.463 e. The summed E-state index contributed by atoms with van der Waals surface area (Å²) in [5, 5.41) is 23.7. The molecule has 7 nitrogen and oxygen atoms in total. The molecular formula is C24H18N4O3S3. The van der Waals surface area contributed by atoms with Gasteiger partial charge in [0.05, 0.1) is 40.0 Å². The molecule has 3 aromatic heterocycles. The predicted molar refractivity (Wildman–Crippen MR) is 132 cm³/mol. The van der Waals surface area contributed by atoms with E-state index in [1.165, 1.54) is 23.1 Å². The molecule has 0 bridgehead atoms. The normalized spacial score (nSPS) is 15.4. The highest BCUT2D eigenvalue weighted by Crippen LogP contribution is 2.42. The Morgan fingerprint density at radius 2 is 2.00 bits per heavy atom. The van der Waals surface area contributed by atoms with Gasteiger partial charge in [0.15, 0.2) is 0 Å². The van der Waals surface area contributed by atoms with Crippen molar-refractivity contribution in [3.05, 3.63) is 80.4 Å². The van der Waals surface area contributed by atoms with Gasteiger partial charge < -0.3 is 15.2 Å². The van der Waals surface area contributed by atoms with Gasteiger partial charge in [-0.15, -0.1) is 22.7 Å². The number of thioether (sulfide) groups is 1. The number of nitriles is 2. The summed E-state index contributed by atoms with van der Waals surface area (Å²) in [6.07, 6.45) is 0. The van der Waals surface area contributed by atoms with Crippen LogP contribution in [0.5, 0.6) is 0 Å². The standard InChI is InChI=1S/C24H18N4O3S3/c1-2-30-24(29)21-17(31-22(27)15(12-26)20(21)19-6-4-10-33-19)13-34-23-14(11-25)7-8-16(28-23)18-5-3-9-32-18/h3-10,20H,2,13,27H2,1H3/t20-/m1/s1. The van der Waals surface area contributed by atoms with Crippen molar-refractivity contribution in [3.8, 4) is 22.7 Å². The Morgan fingerprint density at radius 1 is 1.21 bits per heavy atom. The number of hydrogen-bond acceptors (Lipinski definition) is 10. The zero-order chi connectivity index (χ0) is 24.1. The largest absolute Gasteiger partial charge is 0.463 e. The van der Waals surface area contributed by atoms with Gasteiger partial charge in [0, 0.05) is 4.88 Å². The third kappa shape index (κ3) is 4.70. The molecule has 0 amide bonds. The highest BCUT2D eigenvalue weighted by atomic mass is 32.2. The summed E-state index contributed by atoms with van der Waals surface area (Å²) in [6.45, 7) is 1.88. The third-order valence-corrected chi connectivity index (χ3v) is 7.73. The van der Waals surface area contributed by atoms with Crippen LogP contribution >= 0.6 is 34.4 Å². The van der Waals surface area contributed by atoms with Crippen molar-refractivity contribution in [2.45, 2.75) is 17.9 Å². The number of hydrogen-bond donors (Lipinski definition) is 1. The van der Waals surface area contributed by atoms with Gasteiger partial charge in [-0.05, 0) is 41.9 Å². The van der Waals surface area contributed by atoms with Crippen LogP contribution in [0.2, 0.25) is 0 Å². The van der Waals surface area contributed by atoms with Gasteiger partial charge in [-0.2, -0.15) is 10.5 Å². The van der Waals surface area contributed by atoms with Crippen LogP contribution in [0.15, 0.2) is 75.0 Å². The number of nitrogens with zero attached hydrogens (tertiary/aromatic N) is 3. The molecule has 3 aromatic rings. The first kappa shape index (κ1) is 23.6. The molecule has 0 unspecified atom stereocenters. The van der Waals surface area contributed by atoms with Crippen molar-refractivity contribution in [2.24, 2.45) is 5.73 Å². The Bertz CT molecular complexity index is 1350. The van der Waals surface area contributed by atoms with Crippen molar-refractivity contribution in [2.75, 3.05) is 12.4 Å². The molecule has 10 heteroatoms. The molecule has 1 atom stereocenters. The van der Waals surface area contributed by atoms with E-state index in [1.54, 1.807) is 24.3 Å². The number of ether oxygens (including phenoxy) is 2. The molecular weight excluding hydrogens is 488 g/mol. The van der Waals surface area contributed by atoms with E-state index >= 15 is 0 Å². The van der Waals surface area contributed by atoms with E-state index in [-0.39, 0.29) is 35.1 Å². The fourth-order valence-electron chi connectivity index (χ4n) is 3.43. The Kier molecular flexibility index (Phi) is 7.33. The van der Waals surface area contributed by atoms with Crippen LogP contribution in [-0.2, 0) is 14.3 Å². The Hall–Kier alpha value is -3.57. The number of pyridine rings is 1. The molecule has 4 rings (SSSR count). The van der Waals surface area contributed by atoms with Gasteiger partial charge in [-0.3, -0.25) is 0 Å². The molecule has 4 heterocycles.